The van der Waals surface area contributed by atoms with Crippen LogP contribution in [-0.4, -0.2) is 18.5 Å². The first-order valence-corrected chi connectivity index (χ1v) is 4.23. The Labute approximate surface area is 89.0 Å². The maximum absolute atomic E-state index is 12.4. The molecule has 0 N–H and O–H groups in total. The Kier molecular flexibility index (Phi) is 3.56. The van der Waals surface area contributed by atoms with Gasteiger partial charge >= 0.3 is 6.36 Å². The van der Waals surface area contributed by atoms with E-state index in [-0.39, 0.29) is 5.88 Å². The molecule has 0 aromatic carbocycles. The van der Waals surface area contributed by atoms with E-state index in [1.54, 1.807) is 0 Å². The average Bonchev–Trinajstić information content (AvgIpc) is 2.16. The predicted molar refractivity (Wildman–Crippen MR) is 47.0 cm³/mol. The van der Waals surface area contributed by atoms with Gasteiger partial charge in [0.05, 0.1) is 7.11 Å². The molecule has 16 heavy (non-hydrogen) atoms. The summed E-state index contributed by atoms with van der Waals surface area (Å²) in [6.07, 6.45) is -4.87. The van der Waals surface area contributed by atoms with Crippen LogP contribution in [0.15, 0.2) is 6.07 Å². The van der Waals surface area contributed by atoms with Crippen LogP contribution < -0.4 is 9.47 Å². The third-order valence-electron chi connectivity index (χ3n) is 1.75. The fraction of sp³-hybridized carbons (Fsp3) is 0.444. The average molecular weight is 239 g/mol. The maximum atomic E-state index is 12.4. The monoisotopic (exact) mass is 239 g/mol. The Balaban J connectivity index is 3.13. The van der Waals surface area contributed by atoms with Crippen LogP contribution in [-0.2, 0) is 6.67 Å². The lowest BCUT2D eigenvalue weighted by atomic mass is 10.2. The van der Waals surface area contributed by atoms with E-state index in [0.717, 1.165) is 6.07 Å². The molecule has 0 spiro atoms. The third kappa shape index (κ3) is 2.98. The fourth-order valence-corrected chi connectivity index (χ4v) is 1.12. The number of rotatable bonds is 3. The second-order valence-electron chi connectivity index (χ2n) is 2.94. The van der Waals surface area contributed by atoms with E-state index in [1.165, 1.54) is 14.0 Å². The predicted octanol–water partition coefficient (Wildman–Crippen LogP) is 2.77. The number of nitrogens with zero attached hydrogens (tertiary/aromatic N) is 1. The van der Waals surface area contributed by atoms with Gasteiger partial charge in [0, 0.05) is 5.56 Å². The van der Waals surface area contributed by atoms with E-state index in [1.807, 2.05) is 0 Å². The van der Waals surface area contributed by atoms with Crippen LogP contribution in [0.5, 0.6) is 11.6 Å². The molecule has 0 atom stereocenters. The third-order valence-corrected chi connectivity index (χ3v) is 1.75. The van der Waals surface area contributed by atoms with Crippen molar-refractivity contribution >= 4 is 0 Å². The van der Waals surface area contributed by atoms with E-state index in [2.05, 4.69) is 9.72 Å². The Bertz CT molecular complexity index is 379. The summed E-state index contributed by atoms with van der Waals surface area (Å²) in [4.78, 5) is 3.57. The molecule has 1 heterocycles. The van der Waals surface area contributed by atoms with Crippen LogP contribution in [0.3, 0.4) is 0 Å². The molecule has 7 heteroatoms. The fourth-order valence-electron chi connectivity index (χ4n) is 1.12. The molecule has 0 aliphatic carbocycles. The van der Waals surface area contributed by atoms with Crippen molar-refractivity contribution in [1.82, 2.24) is 4.98 Å². The topological polar surface area (TPSA) is 31.4 Å². The molecular formula is C9H9F4NO2. The van der Waals surface area contributed by atoms with Crippen molar-refractivity contribution < 1.29 is 27.0 Å². The normalized spacial score (nSPS) is 11.4. The Morgan fingerprint density at radius 1 is 1.38 bits per heavy atom. The van der Waals surface area contributed by atoms with Crippen molar-refractivity contribution in [1.29, 1.82) is 0 Å². The minimum atomic E-state index is -4.87. The van der Waals surface area contributed by atoms with E-state index in [9.17, 15) is 17.6 Å². The number of halogens is 4. The SMILES string of the molecule is COc1nc(CF)c(OC(F)(F)F)cc1C. The summed E-state index contributed by atoms with van der Waals surface area (Å²) in [5.74, 6) is -0.574. The zero-order chi connectivity index (χ0) is 12.3. The number of hydrogen-bond acceptors (Lipinski definition) is 3. The summed E-state index contributed by atoms with van der Waals surface area (Å²) in [6, 6.07) is 1.04. The van der Waals surface area contributed by atoms with Crippen molar-refractivity contribution in [2.45, 2.75) is 20.0 Å². The lowest BCUT2D eigenvalue weighted by Gasteiger charge is -2.13. The molecule has 0 fully saturated rings. The zero-order valence-electron chi connectivity index (χ0n) is 8.56. The molecule has 0 aliphatic heterocycles. The number of methoxy groups -OCH3 is 1. The number of alkyl halides is 4. The standard InChI is InChI=1S/C9H9F4NO2/c1-5-3-7(16-9(11,12)13)6(4-10)14-8(5)15-2/h3H,4H2,1-2H3. The molecular weight excluding hydrogens is 230 g/mol. The number of pyridine rings is 1. The van der Waals surface area contributed by atoms with E-state index in [0.29, 0.717) is 5.56 Å². The van der Waals surface area contributed by atoms with Crippen LogP contribution in [0, 0.1) is 6.92 Å². The molecule has 0 radical (unpaired) electrons. The van der Waals surface area contributed by atoms with Crippen molar-refractivity contribution in [3.63, 3.8) is 0 Å². The summed E-state index contributed by atoms with van der Waals surface area (Å²) in [5.41, 5.74) is -0.112. The van der Waals surface area contributed by atoms with Crippen LogP contribution in [0.4, 0.5) is 17.6 Å². The molecule has 1 aromatic heterocycles. The van der Waals surface area contributed by atoms with Gasteiger partial charge in [-0.05, 0) is 13.0 Å². The number of hydrogen-bond donors (Lipinski definition) is 0. The van der Waals surface area contributed by atoms with Crippen molar-refractivity contribution in [3.05, 3.63) is 17.3 Å². The lowest BCUT2D eigenvalue weighted by molar-refractivity contribution is -0.275. The highest BCUT2D eigenvalue weighted by Gasteiger charge is 2.32. The van der Waals surface area contributed by atoms with Crippen LogP contribution in [0.2, 0.25) is 0 Å². The van der Waals surface area contributed by atoms with Gasteiger partial charge in [-0.1, -0.05) is 0 Å². The molecule has 3 nitrogen and oxygen atoms in total. The zero-order valence-corrected chi connectivity index (χ0v) is 8.56. The molecule has 0 saturated heterocycles. The molecule has 0 aliphatic rings. The minimum Gasteiger partial charge on any atom is -0.481 e. The van der Waals surface area contributed by atoms with Crippen molar-refractivity contribution in [2.75, 3.05) is 7.11 Å². The first-order chi connectivity index (χ1) is 7.37. The van der Waals surface area contributed by atoms with Gasteiger partial charge in [0.2, 0.25) is 5.88 Å². The summed E-state index contributed by atoms with van der Waals surface area (Å²) in [6.45, 7) is 0.319. The maximum Gasteiger partial charge on any atom is 0.573 e. The minimum absolute atomic E-state index is 0.0715. The van der Waals surface area contributed by atoms with Gasteiger partial charge < -0.3 is 9.47 Å². The number of ether oxygens (including phenoxy) is 2. The molecule has 1 rings (SSSR count). The molecule has 0 amide bonds. The van der Waals surface area contributed by atoms with Crippen molar-refractivity contribution in [3.8, 4) is 11.6 Å². The Morgan fingerprint density at radius 2 is 2.00 bits per heavy atom. The van der Waals surface area contributed by atoms with E-state index < -0.39 is 24.5 Å². The smallest absolute Gasteiger partial charge is 0.481 e. The van der Waals surface area contributed by atoms with Gasteiger partial charge in [-0.3, -0.25) is 0 Å². The summed E-state index contributed by atoms with van der Waals surface area (Å²) in [5, 5.41) is 0. The second kappa shape index (κ2) is 4.54. The van der Waals surface area contributed by atoms with Crippen LogP contribution >= 0.6 is 0 Å². The van der Waals surface area contributed by atoms with Crippen LogP contribution in [0.1, 0.15) is 11.3 Å². The Morgan fingerprint density at radius 3 is 2.44 bits per heavy atom. The largest absolute Gasteiger partial charge is 0.573 e. The lowest BCUT2D eigenvalue weighted by Crippen LogP contribution is -2.18. The van der Waals surface area contributed by atoms with Crippen LogP contribution in [0.25, 0.3) is 0 Å². The van der Waals surface area contributed by atoms with E-state index >= 15 is 0 Å². The highest BCUT2D eigenvalue weighted by molar-refractivity contribution is 5.37. The number of aromatic nitrogens is 1. The highest BCUT2D eigenvalue weighted by Crippen LogP contribution is 2.30. The van der Waals surface area contributed by atoms with Gasteiger partial charge in [0.25, 0.3) is 0 Å². The molecule has 0 unspecified atom stereocenters. The number of aryl methyl sites for hydroxylation is 1. The first kappa shape index (κ1) is 12.5. The summed E-state index contributed by atoms with van der Waals surface area (Å²) < 4.78 is 56.8. The highest BCUT2D eigenvalue weighted by atomic mass is 19.4. The molecule has 1 aromatic rings. The van der Waals surface area contributed by atoms with Crippen molar-refractivity contribution in [2.24, 2.45) is 0 Å². The van der Waals surface area contributed by atoms with Gasteiger partial charge in [0.15, 0.2) is 5.75 Å². The molecule has 90 valence electrons. The first-order valence-electron chi connectivity index (χ1n) is 4.23. The van der Waals surface area contributed by atoms with E-state index in [4.69, 9.17) is 4.74 Å². The van der Waals surface area contributed by atoms with Gasteiger partial charge in [-0.25, -0.2) is 9.37 Å². The Hall–Kier alpha value is -1.53. The summed E-state index contributed by atoms with van der Waals surface area (Å²) in [7, 11) is 1.29. The van der Waals surface area contributed by atoms with Gasteiger partial charge in [-0.2, -0.15) is 0 Å². The quantitative estimate of drug-likeness (QED) is 0.760. The molecule has 0 saturated carbocycles. The summed E-state index contributed by atoms with van der Waals surface area (Å²) >= 11 is 0. The molecule has 0 bridgehead atoms. The second-order valence-corrected chi connectivity index (χ2v) is 2.94. The van der Waals surface area contributed by atoms with Gasteiger partial charge in [-0.15, -0.1) is 13.2 Å². The van der Waals surface area contributed by atoms with Gasteiger partial charge in [0.1, 0.15) is 12.4 Å².